The van der Waals surface area contributed by atoms with Crippen LogP contribution in [0, 0.1) is 0 Å². The Kier molecular flexibility index (Phi) is 3.17. The average Bonchev–Trinajstić information content (AvgIpc) is 2.66. The van der Waals surface area contributed by atoms with Crippen molar-refractivity contribution in [3.63, 3.8) is 0 Å². The average molecular weight is 261 g/mol. The molecular weight excluding hydrogens is 242 g/mol. The second-order valence-electron chi connectivity index (χ2n) is 5.67. The maximum absolute atomic E-state index is 12.1. The summed E-state index contributed by atoms with van der Waals surface area (Å²) in [6.45, 7) is 5.48. The molecule has 0 bridgehead atoms. The van der Waals surface area contributed by atoms with Crippen molar-refractivity contribution >= 4 is 5.78 Å². The first-order valence-corrected chi connectivity index (χ1v) is 6.68. The second-order valence-corrected chi connectivity index (χ2v) is 5.67. The van der Waals surface area contributed by atoms with E-state index < -0.39 is 5.79 Å². The zero-order valence-corrected chi connectivity index (χ0v) is 11.3. The van der Waals surface area contributed by atoms with Gasteiger partial charge in [0.1, 0.15) is 6.10 Å². The maximum Gasteiger partial charge on any atom is 0.177 e. The highest BCUT2D eigenvalue weighted by atomic mass is 16.7. The zero-order valence-electron chi connectivity index (χ0n) is 11.3. The lowest BCUT2D eigenvalue weighted by Crippen LogP contribution is -2.51. The molecule has 102 valence electrons. The van der Waals surface area contributed by atoms with E-state index in [-0.39, 0.29) is 17.9 Å². The lowest BCUT2D eigenvalue weighted by molar-refractivity contribution is -0.278. The molecule has 0 aromatic heterocycles. The normalized spacial score (nSPS) is 30.3. The molecule has 2 aliphatic heterocycles. The van der Waals surface area contributed by atoms with Crippen molar-refractivity contribution in [2.45, 2.75) is 38.3 Å². The molecule has 4 nitrogen and oxygen atoms in total. The van der Waals surface area contributed by atoms with E-state index in [2.05, 4.69) is 17.0 Å². The fraction of sp³-hybridized carbons (Fsp3) is 0.533. The van der Waals surface area contributed by atoms with Crippen LogP contribution >= 0.6 is 0 Å². The number of likely N-dealkylation sites (tertiary alicyclic amines) is 1. The van der Waals surface area contributed by atoms with Crippen molar-refractivity contribution in [3.05, 3.63) is 35.9 Å². The highest BCUT2D eigenvalue weighted by Crippen LogP contribution is 2.30. The van der Waals surface area contributed by atoms with Gasteiger partial charge in [0.25, 0.3) is 0 Å². The number of ketones is 1. The van der Waals surface area contributed by atoms with Crippen LogP contribution in [-0.2, 0) is 20.8 Å². The second kappa shape index (κ2) is 4.71. The Morgan fingerprint density at radius 2 is 2.05 bits per heavy atom. The van der Waals surface area contributed by atoms with E-state index in [1.165, 1.54) is 5.56 Å². The summed E-state index contributed by atoms with van der Waals surface area (Å²) in [6, 6.07) is 10.2. The summed E-state index contributed by atoms with van der Waals surface area (Å²) in [5, 5.41) is 0. The van der Waals surface area contributed by atoms with Crippen LogP contribution in [0.4, 0.5) is 0 Å². The molecule has 0 amide bonds. The van der Waals surface area contributed by atoms with Crippen LogP contribution in [-0.4, -0.2) is 41.8 Å². The number of fused-ring (bicyclic) bond motifs is 1. The Balaban J connectivity index is 1.74. The minimum atomic E-state index is -0.653. The zero-order chi connectivity index (χ0) is 13.5. The third kappa shape index (κ3) is 2.56. The minimum Gasteiger partial charge on any atom is -0.349 e. The molecule has 2 fully saturated rings. The summed E-state index contributed by atoms with van der Waals surface area (Å²) in [6.07, 6.45) is -0.340. The molecule has 19 heavy (non-hydrogen) atoms. The van der Waals surface area contributed by atoms with Gasteiger partial charge in [0, 0.05) is 6.54 Å². The van der Waals surface area contributed by atoms with Crippen molar-refractivity contribution in [3.8, 4) is 0 Å². The highest BCUT2D eigenvalue weighted by molar-refractivity contribution is 5.88. The van der Waals surface area contributed by atoms with E-state index >= 15 is 0 Å². The van der Waals surface area contributed by atoms with Crippen LogP contribution in [0.25, 0.3) is 0 Å². The molecule has 3 rings (SSSR count). The monoisotopic (exact) mass is 261 g/mol. The maximum atomic E-state index is 12.1. The van der Waals surface area contributed by atoms with E-state index in [4.69, 9.17) is 9.47 Å². The summed E-state index contributed by atoms with van der Waals surface area (Å²) in [5.74, 6) is -0.489. The first-order valence-electron chi connectivity index (χ1n) is 6.68. The summed E-state index contributed by atoms with van der Waals surface area (Å²) in [4.78, 5) is 14.2. The summed E-state index contributed by atoms with van der Waals surface area (Å²) in [5.41, 5.74) is 1.21. The quantitative estimate of drug-likeness (QED) is 0.810. The van der Waals surface area contributed by atoms with Gasteiger partial charge in [0.2, 0.25) is 0 Å². The van der Waals surface area contributed by atoms with Crippen molar-refractivity contribution in [2.24, 2.45) is 0 Å². The lowest BCUT2D eigenvalue weighted by atomic mass is 10.1. The number of benzene rings is 1. The molecule has 0 radical (unpaired) electrons. The number of ether oxygens (including phenoxy) is 2. The topological polar surface area (TPSA) is 38.8 Å². The predicted molar refractivity (Wildman–Crippen MR) is 70.6 cm³/mol. The van der Waals surface area contributed by atoms with Gasteiger partial charge in [-0.25, -0.2) is 0 Å². The van der Waals surface area contributed by atoms with E-state index in [0.717, 1.165) is 6.54 Å². The molecule has 0 saturated carbocycles. The van der Waals surface area contributed by atoms with E-state index in [1.807, 2.05) is 32.0 Å². The summed E-state index contributed by atoms with van der Waals surface area (Å²) >= 11 is 0. The van der Waals surface area contributed by atoms with Gasteiger partial charge >= 0.3 is 0 Å². The van der Waals surface area contributed by atoms with Gasteiger partial charge in [-0.1, -0.05) is 30.3 Å². The Morgan fingerprint density at radius 3 is 2.79 bits per heavy atom. The van der Waals surface area contributed by atoms with Gasteiger partial charge in [0.05, 0.1) is 19.2 Å². The standard InChI is InChI=1S/C15H19NO3/c1-15(2)18-10-12-14(19-15)13(17)9-16(12)8-11-6-4-3-5-7-11/h3-7,12,14H,8-10H2,1-2H3/t12-,14+/m1/s1. The van der Waals surface area contributed by atoms with Crippen LogP contribution in [0.5, 0.6) is 0 Å². The third-order valence-electron chi connectivity index (χ3n) is 3.74. The van der Waals surface area contributed by atoms with Crippen LogP contribution < -0.4 is 0 Å². The molecule has 0 N–H and O–H groups in total. The van der Waals surface area contributed by atoms with E-state index in [1.54, 1.807) is 0 Å². The fourth-order valence-corrected chi connectivity index (χ4v) is 2.77. The van der Waals surface area contributed by atoms with Crippen molar-refractivity contribution in [2.75, 3.05) is 13.2 Å². The Morgan fingerprint density at radius 1 is 1.32 bits per heavy atom. The van der Waals surface area contributed by atoms with Gasteiger partial charge in [-0.05, 0) is 19.4 Å². The lowest BCUT2D eigenvalue weighted by Gasteiger charge is -2.39. The van der Waals surface area contributed by atoms with E-state index in [0.29, 0.717) is 13.2 Å². The number of carbonyl (C=O) groups excluding carboxylic acids is 1. The van der Waals surface area contributed by atoms with Crippen LogP contribution in [0.1, 0.15) is 19.4 Å². The smallest absolute Gasteiger partial charge is 0.177 e. The minimum absolute atomic E-state index is 0.0423. The largest absolute Gasteiger partial charge is 0.349 e. The predicted octanol–water partition coefficient (Wildman–Crippen LogP) is 1.59. The van der Waals surface area contributed by atoms with Crippen LogP contribution in [0.2, 0.25) is 0 Å². The fourth-order valence-electron chi connectivity index (χ4n) is 2.77. The summed E-state index contributed by atoms with van der Waals surface area (Å²) in [7, 11) is 0. The van der Waals surface area contributed by atoms with Crippen molar-refractivity contribution < 1.29 is 14.3 Å². The Bertz CT molecular complexity index is 472. The third-order valence-corrected chi connectivity index (χ3v) is 3.74. The first kappa shape index (κ1) is 12.8. The number of nitrogens with zero attached hydrogens (tertiary/aromatic N) is 1. The van der Waals surface area contributed by atoms with Gasteiger partial charge < -0.3 is 9.47 Å². The molecule has 1 aromatic rings. The van der Waals surface area contributed by atoms with E-state index in [9.17, 15) is 4.79 Å². The molecule has 4 heteroatoms. The van der Waals surface area contributed by atoms with Crippen molar-refractivity contribution in [1.29, 1.82) is 0 Å². The van der Waals surface area contributed by atoms with Gasteiger partial charge in [-0.3, -0.25) is 9.69 Å². The molecule has 0 aliphatic carbocycles. The molecule has 2 saturated heterocycles. The molecule has 0 unspecified atom stereocenters. The molecule has 2 atom stereocenters. The Labute approximate surface area is 113 Å². The molecular formula is C15H19NO3. The van der Waals surface area contributed by atoms with Gasteiger partial charge in [0.15, 0.2) is 11.6 Å². The number of hydrogen-bond donors (Lipinski definition) is 0. The summed E-state index contributed by atoms with van der Waals surface area (Å²) < 4.78 is 11.4. The number of carbonyl (C=O) groups is 1. The van der Waals surface area contributed by atoms with Gasteiger partial charge in [-0.2, -0.15) is 0 Å². The first-order chi connectivity index (χ1) is 9.05. The SMILES string of the molecule is CC1(C)OC[C@@H]2[C@H](O1)C(=O)CN2Cc1ccccc1. The number of rotatable bonds is 2. The Hall–Kier alpha value is -1.23. The van der Waals surface area contributed by atoms with Crippen molar-refractivity contribution in [1.82, 2.24) is 4.90 Å². The van der Waals surface area contributed by atoms with Gasteiger partial charge in [-0.15, -0.1) is 0 Å². The number of Topliss-reactive ketones (excluding diaryl/α,β-unsaturated/α-hetero) is 1. The molecule has 2 heterocycles. The van der Waals surface area contributed by atoms with Crippen LogP contribution in [0.15, 0.2) is 30.3 Å². The molecule has 1 aromatic carbocycles. The van der Waals surface area contributed by atoms with Crippen LogP contribution in [0.3, 0.4) is 0 Å². The molecule has 0 spiro atoms. The molecule has 2 aliphatic rings. The number of hydrogen-bond acceptors (Lipinski definition) is 4. The highest BCUT2D eigenvalue weighted by Gasteiger charge is 2.48.